The molecule has 0 unspecified atom stereocenters. The van der Waals surface area contributed by atoms with Crippen LogP contribution in [0.2, 0.25) is 5.02 Å². The molecule has 2 atom stereocenters. The van der Waals surface area contributed by atoms with Gasteiger partial charge < -0.3 is 10.6 Å². The Hall–Kier alpha value is -2.24. The van der Waals surface area contributed by atoms with E-state index in [9.17, 15) is 13.2 Å². The van der Waals surface area contributed by atoms with Crippen LogP contribution in [0.15, 0.2) is 29.0 Å². The van der Waals surface area contributed by atoms with E-state index in [0.717, 1.165) is 12.8 Å². The fourth-order valence-corrected chi connectivity index (χ4v) is 5.78. The predicted octanol–water partition coefficient (Wildman–Crippen LogP) is 3.49. The van der Waals surface area contributed by atoms with Gasteiger partial charge in [0.25, 0.3) is 0 Å². The lowest BCUT2D eigenvalue weighted by Gasteiger charge is -2.22. The SMILES string of the molecule is CNC(=O)[C@]1(C)CC[C@@H](Nc2ncc3c(Br)nn(-c4cc(Cl)cc(CS(C)(=O)=O)c4)c3n2)C1. The zero-order valence-electron chi connectivity index (χ0n) is 18.4. The second-order valence-corrected chi connectivity index (χ2v) is 12.1. The van der Waals surface area contributed by atoms with Crippen molar-refractivity contribution in [3.8, 4) is 5.69 Å². The van der Waals surface area contributed by atoms with Crippen molar-refractivity contribution in [2.45, 2.75) is 38.0 Å². The number of fused-ring (bicyclic) bond motifs is 1. The summed E-state index contributed by atoms with van der Waals surface area (Å²) < 4.78 is 25.7. The predicted molar refractivity (Wildman–Crippen MR) is 131 cm³/mol. The summed E-state index contributed by atoms with van der Waals surface area (Å²) in [6.45, 7) is 1.97. The van der Waals surface area contributed by atoms with Gasteiger partial charge in [-0.2, -0.15) is 10.1 Å². The Morgan fingerprint density at radius 2 is 2.12 bits per heavy atom. The second-order valence-electron chi connectivity index (χ2n) is 8.75. The van der Waals surface area contributed by atoms with Crippen molar-refractivity contribution in [1.82, 2.24) is 25.1 Å². The number of hydrogen-bond donors (Lipinski definition) is 2. The van der Waals surface area contributed by atoms with Gasteiger partial charge in [-0.3, -0.25) is 4.79 Å². The molecule has 0 aliphatic heterocycles. The maximum absolute atomic E-state index is 12.2. The Kier molecular flexibility index (Phi) is 6.41. The van der Waals surface area contributed by atoms with Crippen LogP contribution in [-0.4, -0.2) is 53.4 Å². The maximum atomic E-state index is 12.2. The zero-order chi connectivity index (χ0) is 24.0. The van der Waals surface area contributed by atoms with Crippen LogP contribution in [0.25, 0.3) is 16.7 Å². The topological polar surface area (TPSA) is 119 Å². The summed E-state index contributed by atoms with van der Waals surface area (Å²) in [4.78, 5) is 21.3. The summed E-state index contributed by atoms with van der Waals surface area (Å²) in [5.41, 5.74) is 1.28. The van der Waals surface area contributed by atoms with Crippen LogP contribution in [0.4, 0.5) is 5.95 Å². The molecule has 2 N–H and O–H groups in total. The number of hydrogen-bond acceptors (Lipinski definition) is 7. The van der Waals surface area contributed by atoms with Crippen molar-refractivity contribution in [2.75, 3.05) is 18.6 Å². The van der Waals surface area contributed by atoms with Crippen LogP contribution in [0.3, 0.4) is 0 Å². The van der Waals surface area contributed by atoms with E-state index in [1.165, 1.54) is 6.26 Å². The Balaban J connectivity index is 1.67. The number of nitrogens with zero attached hydrogens (tertiary/aromatic N) is 4. The molecule has 0 saturated heterocycles. The highest BCUT2D eigenvalue weighted by Crippen LogP contribution is 2.39. The van der Waals surface area contributed by atoms with E-state index in [2.05, 4.69) is 41.6 Å². The molecule has 3 aromatic rings. The highest BCUT2D eigenvalue weighted by atomic mass is 79.9. The summed E-state index contributed by atoms with van der Waals surface area (Å²) in [7, 11) is -1.58. The minimum Gasteiger partial charge on any atom is -0.359 e. The van der Waals surface area contributed by atoms with Gasteiger partial charge in [0.2, 0.25) is 11.9 Å². The van der Waals surface area contributed by atoms with Gasteiger partial charge in [-0.1, -0.05) is 18.5 Å². The number of halogens is 2. The molecule has 1 aromatic carbocycles. The minimum absolute atomic E-state index is 0.0380. The highest BCUT2D eigenvalue weighted by Gasteiger charge is 2.40. The lowest BCUT2D eigenvalue weighted by molar-refractivity contribution is -0.129. The average Bonchev–Trinajstić information content (AvgIpc) is 3.26. The molecule has 0 radical (unpaired) electrons. The van der Waals surface area contributed by atoms with Gasteiger partial charge in [-0.05, 0) is 59.0 Å². The summed E-state index contributed by atoms with van der Waals surface area (Å²) in [5.74, 6) is 0.339. The summed E-state index contributed by atoms with van der Waals surface area (Å²) >= 11 is 9.72. The first-order valence-electron chi connectivity index (χ1n) is 10.3. The first kappa shape index (κ1) is 23.9. The summed E-state index contributed by atoms with van der Waals surface area (Å²) in [5, 5.41) is 11.7. The van der Waals surface area contributed by atoms with E-state index >= 15 is 0 Å². The third kappa shape index (κ3) is 5.15. The van der Waals surface area contributed by atoms with Gasteiger partial charge in [0, 0.05) is 36.0 Å². The number of carbonyl (C=O) groups excluding carboxylic acids is 1. The van der Waals surface area contributed by atoms with Crippen LogP contribution >= 0.6 is 27.5 Å². The van der Waals surface area contributed by atoms with Crippen molar-refractivity contribution in [1.29, 1.82) is 0 Å². The Labute approximate surface area is 205 Å². The lowest BCUT2D eigenvalue weighted by atomic mass is 9.87. The van der Waals surface area contributed by atoms with Crippen LogP contribution in [0.1, 0.15) is 31.7 Å². The first-order chi connectivity index (χ1) is 15.5. The molecule has 1 amide bonds. The summed E-state index contributed by atoms with van der Waals surface area (Å²) in [6.07, 6.45) is 5.14. The Bertz CT molecular complexity index is 1350. The molecule has 4 rings (SSSR count). The summed E-state index contributed by atoms with van der Waals surface area (Å²) in [6, 6.07) is 5.12. The van der Waals surface area contributed by atoms with Crippen LogP contribution < -0.4 is 10.6 Å². The molecule has 1 aliphatic carbocycles. The third-order valence-electron chi connectivity index (χ3n) is 5.85. The molecule has 0 spiro atoms. The molecule has 33 heavy (non-hydrogen) atoms. The molecular weight excluding hydrogens is 532 g/mol. The van der Waals surface area contributed by atoms with Crippen LogP contribution in [0, 0.1) is 5.41 Å². The number of sulfone groups is 1. The fourth-order valence-electron chi connectivity index (χ4n) is 4.31. The molecule has 1 aliphatic rings. The normalized spacial score (nSPS) is 20.8. The molecule has 176 valence electrons. The Morgan fingerprint density at radius 1 is 1.36 bits per heavy atom. The maximum Gasteiger partial charge on any atom is 0.225 e. The number of nitrogens with one attached hydrogen (secondary N) is 2. The quantitative estimate of drug-likeness (QED) is 0.478. The number of benzene rings is 1. The largest absolute Gasteiger partial charge is 0.359 e. The number of carbonyl (C=O) groups is 1. The standard InChI is InChI=1S/C21H24BrClN6O3S/c1-21(19(30)24-2)5-4-14(9-21)26-20-25-10-16-17(22)28-29(18(16)27-20)15-7-12(6-13(23)8-15)11-33(3,31)32/h6-8,10,14H,4-5,9,11H2,1-3H3,(H,24,30)(H,25,26,27)/t14-,21-/m1/s1. The molecule has 1 fully saturated rings. The van der Waals surface area contributed by atoms with Crippen LogP contribution in [0.5, 0.6) is 0 Å². The van der Waals surface area contributed by atoms with Crippen LogP contribution in [-0.2, 0) is 20.4 Å². The van der Waals surface area contributed by atoms with Gasteiger partial charge >= 0.3 is 0 Å². The van der Waals surface area contributed by atoms with Gasteiger partial charge in [0.1, 0.15) is 4.60 Å². The van der Waals surface area contributed by atoms with E-state index < -0.39 is 15.3 Å². The fraction of sp³-hybridized carbons (Fsp3) is 0.429. The first-order valence-corrected chi connectivity index (χ1v) is 13.6. The molecular formula is C21H24BrClN6O3S. The monoisotopic (exact) mass is 554 g/mol. The van der Waals surface area contributed by atoms with E-state index in [0.29, 0.717) is 44.3 Å². The lowest BCUT2D eigenvalue weighted by Crippen LogP contribution is -2.35. The Morgan fingerprint density at radius 3 is 2.82 bits per heavy atom. The second kappa shape index (κ2) is 8.84. The zero-order valence-corrected chi connectivity index (χ0v) is 21.6. The highest BCUT2D eigenvalue weighted by molar-refractivity contribution is 9.10. The van der Waals surface area contributed by atoms with E-state index in [1.54, 1.807) is 36.1 Å². The van der Waals surface area contributed by atoms with Crippen molar-refractivity contribution < 1.29 is 13.2 Å². The molecule has 2 heterocycles. The number of amides is 1. The van der Waals surface area contributed by atoms with Gasteiger partial charge in [-0.25, -0.2) is 18.1 Å². The minimum atomic E-state index is -3.23. The van der Waals surface area contributed by atoms with Gasteiger partial charge in [0.15, 0.2) is 15.5 Å². The van der Waals surface area contributed by atoms with E-state index in [4.69, 9.17) is 11.6 Å². The van der Waals surface area contributed by atoms with Crippen molar-refractivity contribution >= 4 is 60.3 Å². The van der Waals surface area contributed by atoms with E-state index in [1.807, 2.05) is 6.92 Å². The van der Waals surface area contributed by atoms with Crippen molar-refractivity contribution in [3.63, 3.8) is 0 Å². The third-order valence-corrected chi connectivity index (χ3v) is 7.51. The smallest absolute Gasteiger partial charge is 0.225 e. The molecule has 0 bridgehead atoms. The average molecular weight is 556 g/mol. The molecule has 2 aromatic heterocycles. The molecule has 1 saturated carbocycles. The molecule has 12 heteroatoms. The molecule has 9 nitrogen and oxygen atoms in total. The van der Waals surface area contributed by atoms with E-state index in [-0.39, 0.29) is 17.7 Å². The van der Waals surface area contributed by atoms with Gasteiger partial charge in [-0.15, -0.1) is 0 Å². The number of anilines is 1. The van der Waals surface area contributed by atoms with Gasteiger partial charge in [0.05, 0.1) is 16.8 Å². The van der Waals surface area contributed by atoms with Crippen molar-refractivity contribution in [2.24, 2.45) is 5.41 Å². The number of aromatic nitrogens is 4. The number of rotatable bonds is 6. The van der Waals surface area contributed by atoms with Crippen molar-refractivity contribution in [3.05, 3.63) is 39.6 Å².